The molecule has 0 fully saturated rings. The third kappa shape index (κ3) is 5.69. The van der Waals surface area contributed by atoms with Crippen molar-refractivity contribution in [3.05, 3.63) is 40.6 Å². The lowest BCUT2D eigenvalue weighted by atomic mass is 10.1. The van der Waals surface area contributed by atoms with Crippen molar-refractivity contribution < 1.29 is 48.9 Å². The molecule has 0 radical (unpaired) electrons. The molecule has 11 nitrogen and oxygen atoms in total. The highest BCUT2D eigenvalue weighted by molar-refractivity contribution is 5.88. The summed E-state index contributed by atoms with van der Waals surface area (Å²) >= 11 is 0. The largest absolute Gasteiger partial charge is 0.502 e. The van der Waals surface area contributed by atoms with Crippen LogP contribution in [-0.2, 0) is 0 Å². The molecule has 3 aromatic rings. The van der Waals surface area contributed by atoms with E-state index in [4.69, 9.17) is 43.8 Å². The van der Waals surface area contributed by atoms with Crippen LogP contribution >= 0.6 is 0 Å². The van der Waals surface area contributed by atoms with Crippen LogP contribution in [0.4, 0.5) is 0 Å². The van der Waals surface area contributed by atoms with E-state index >= 15 is 0 Å². The van der Waals surface area contributed by atoms with E-state index in [-0.39, 0.29) is 98.1 Å². The molecule has 0 spiro atoms. The van der Waals surface area contributed by atoms with E-state index in [1.54, 1.807) is 0 Å². The van der Waals surface area contributed by atoms with Crippen molar-refractivity contribution in [2.45, 2.75) is 0 Å². The highest BCUT2D eigenvalue weighted by atomic mass is 16.5. The summed E-state index contributed by atoms with van der Waals surface area (Å²) in [7, 11) is 0. The van der Waals surface area contributed by atoms with Crippen LogP contribution in [0.1, 0.15) is 0 Å². The molecule has 0 unspecified atom stereocenters. The van der Waals surface area contributed by atoms with Gasteiger partial charge < -0.3 is 48.9 Å². The molecule has 0 aliphatic rings. The predicted molar refractivity (Wildman–Crippen MR) is 120 cm³/mol. The number of hydrogen-bond donors (Lipinski definition) is 5. The molecule has 184 valence electrons. The maximum Gasteiger partial charge on any atom is 0.238 e. The summed E-state index contributed by atoms with van der Waals surface area (Å²) in [6.45, 7) is -1.17. The molecule has 1 aromatic heterocycles. The summed E-state index contributed by atoms with van der Waals surface area (Å²) in [5, 5.41) is 46.9. The van der Waals surface area contributed by atoms with E-state index in [0.29, 0.717) is 0 Å². The van der Waals surface area contributed by atoms with Crippen molar-refractivity contribution in [1.82, 2.24) is 0 Å². The van der Waals surface area contributed by atoms with Crippen molar-refractivity contribution in [3.63, 3.8) is 0 Å². The molecule has 0 saturated heterocycles. The van der Waals surface area contributed by atoms with Gasteiger partial charge in [0.15, 0.2) is 17.3 Å². The first-order valence-electron chi connectivity index (χ1n) is 10.5. The molecule has 0 aliphatic heterocycles. The lowest BCUT2D eigenvalue weighted by Gasteiger charge is -2.15. The third-order valence-corrected chi connectivity index (χ3v) is 4.52. The van der Waals surface area contributed by atoms with Crippen LogP contribution in [0.2, 0.25) is 0 Å². The van der Waals surface area contributed by atoms with Crippen molar-refractivity contribution in [3.8, 4) is 40.1 Å². The molecule has 0 bridgehead atoms. The summed E-state index contributed by atoms with van der Waals surface area (Å²) in [6, 6.07) is 7.32. The Morgan fingerprint density at radius 1 is 0.706 bits per heavy atom. The Morgan fingerprint density at radius 3 is 1.94 bits per heavy atom. The normalized spacial score (nSPS) is 10.9. The van der Waals surface area contributed by atoms with Gasteiger partial charge in [-0.3, -0.25) is 4.79 Å². The average Bonchev–Trinajstić information content (AvgIpc) is 2.85. The van der Waals surface area contributed by atoms with E-state index in [1.165, 1.54) is 30.3 Å². The van der Waals surface area contributed by atoms with Crippen LogP contribution in [0.5, 0.6) is 28.7 Å². The molecule has 0 amide bonds. The highest BCUT2D eigenvalue weighted by Gasteiger charge is 2.21. The van der Waals surface area contributed by atoms with Crippen LogP contribution in [0.25, 0.3) is 22.3 Å². The lowest BCUT2D eigenvalue weighted by molar-refractivity contribution is 0.178. The van der Waals surface area contributed by atoms with Crippen LogP contribution in [0.3, 0.4) is 0 Å². The van der Waals surface area contributed by atoms with Crippen LogP contribution in [0.15, 0.2) is 39.5 Å². The highest BCUT2D eigenvalue weighted by Crippen LogP contribution is 2.39. The Bertz CT molecular complexity index is 1160. The van der Waals surface area contributed by atoms with Gasteiger partial charge in [-0.05, 0) is 18.2 Å². The second-order valence-electron chi connectivity index (χ2n) is 6.85. The lowest BCUT2D eigenvalue weighted by Crippen LogP contribution is -2.09. The van der Waals surface area contributed by atoms with Gasteiger partial charge in [-0.15, -0.1) is 0 Å². The monoisotopic (exact) mass is 478 g/mol. The summed E-state index contributed by atoms with van der Waals surface area (Å²) in [5.74, 6) is -0.0683. The number of ether oxygens (including phenoxy) is 4. The minimum absolute atomic E-state index is 0.0123. The number of aliphatic hydroxyl groups is 4. The number of fused-ring (bicyclic) bond motifs is 1. The molecule has 3 rings (SSSR count). The van der Waals surface area contributed by atoms with Gasteiger partial charge in [-0.25, -0.2) is 0 Å². The Balaban J connectivity index is 2.15. The predicted octanol–water partition coefficient (Wildman–Crippen LogP) is 0.650. The van der Waals surface area contributed by atoms with Gasteiger partial charge in [0.25, 0.3) is 0 Å². The molecule has 11 heteroatoms. The van der Waals surface area contributed by atoms with Crippen molar-refractivity contribution in [2.75, 3.05) is 52.9 Å². The molecule has 1 heterocycles. The van der Waals surface area contributed by atoms with Gasteiger partial charge in [-0.1, -0.05) is 0 Å². The van der Waals surface area contributed by atoms with Crippen LogP contribution in [0, 0.1) is 0 Å². The van der Waals surface area contributed by atoms with Gasteiger partial charge in [0.1, 0.15) is 48.9 Å². The SMILES string of the molecule is O=c1c(O)c(-c2ccc(OCCO)c(OCCO)c2)oc2cc(OCCO)cc(OCCO)c12. The number of aromatic hydroxyl groups is 1. The minimum atomic E-state index is -0.767. The topological polar surface area (TPSA) is 168 Å². The van der Waals surface area contributed by atoms with Gasteiger partial charge in [0.05, 0.1) is 26.4 Å². The van der Waals surface area contributed by atoms with Crippen LogP contribution in [-0.4, -0.2) is 78.4 Å². The quantitative estimate of drug-likeness (QED) is 0.234. The number of benzene rings is 2. The van der Waals surface area contributed by atoms with Crippen LogP contribution < -0.4 is 24.4 Å². The van der Waals surface area contributed by atoms with Gasteiger partial charge in [0.2, 0.25) is 11.2 Å². The zero-order valence-corrected chi connectivity index (χ0v) is 18.2. The van der Waals surface area contributed by atoms with E-state index in [2.05, 4.69) is 0 Å². The van der Waals surface area contributed by atoms with Crippen molar-refractivity contribution in [1.29, 1.82) is 0 Å². The Hall–Kier alpha value is -3.51. The maximum atomic E-state index is 13.0. The molecule has 0 aliphatic carbocycles. The summed E-state index contributed by atoms with van der Waals surface area (Å²) in [6.07, 6.45) is 0. The summed E-state index contributed by atoms with van der Waals surface area (Å²) < 4.78 is 27.6. The first-order chi connectivity index (χ1) is 16.5. The Morgan fingerprint density at radius 2 is 1.29 bits per heavy atom. The first-order valence-corrected chi connectivity index (χ1v) is 10.5. The van der Waals surface area contributed by atoms with Gasteiger partial charge >= 0.3 is 0 Å². The molecule has 5 N–H and O–H groups in total. The number of rotatable bonds is 13. The fourth-order valence-corrected chi connectivity index (χ4v) is 3.15. The molecule has 34 heavy (non-hydrogen) atoms. The number of hydrogen-bond acceptors (Lipinski definition) is 11. The zero-order chi connectivity index (χ0) is 24.5. The van der Waals surface area contributed by atoms with Gasteiger partial charge in [-0.2, -0.15) is 0 Å². The smallest absolute Gasteiger partial charge is 0.238 e. The fraction of sp³-hybridized carbons (Fsp3) is 0.348. The standard InChI is InChI=1S/C23H26O11/c24-3-7-30-15-12-18(33-10-6-27)20-19(13-15)34-23(22(29)21(20)28)14-1-2-16(31-8-4-25)17(11-14)32-9-5-26/h1-2,11-13,24-27,29H,3-10H2. The zero-order valence-electron chi connectivity index (χ0n) is 18.2. The molecule has 2 aromatic carbocycles. The van der Waals surface area contributed by atoms with Gasteiger partial charge in [0, 0.05) is 17.7 Å². The van der Waals surface area contributed by atoms with E-state index < -0.39 is 11.2 Å². The summed E-state index contributed by atoms with van der Waals surface area (Å²) in [5.41, 5.74) is -0.448. The average molecular weight is 478 g/mol. The third-order valence-electron chi connectivity index (χ3n) is 4.52. The summed E-state index contributed by atoms with van der Waals surface area (Å²) in [4.78, 5) is 13.0. The second kappa shape index (κ2) is 12.1. The Kier molecular flexibility index (Phi) is 8.93. The molecular formula is C23H26O11. The first kappa shape index (κ1) is 25.1. The minimum Gasteiger partial charge on any atom is -0.502 e. The van der Waals surface area contributed by atoms with E-state index in [0.717, 1.165) is 0 Å². The van der Waals surface area contributed by atoms with Crippen molar-refractivity contribution >= 4 is 11.0 Å². The maximum absolute atomic E-state index is 13.0. The van der Waals surface area contributed by atoms with E-state index in [1.807, 2.05) is 0 Å². The molecule has 0 atom stereocenters. The van der Waals surface area contributed by atoms with Crippen molar-refractivity contribution in [2.24, 2.45) is 0 Å². The molecular weight excluding hydrogens is 452 g/mol. The number of aliphatic hydroxyl groups excluding tert-OH is 4. The molecule has 0 saturated carbocycles. The second-order valence-corrected chi connectivity index (χ2v) is 6.85. The fourth-order valence-electron chi connectivity index (χ4n) is 3.15. The van der Waals surface area contributed by atoms with E-state index in [9.17, 15) is 9.90 Å². The Labute approximate surface area is 193 Å².